The molecule has 0 unspecified atom stereocenters. The molecule has 2 nitrogen and oxygen atoms in total. The maximum atomic E-state index is 9.62. The van der Waals surface area contributed by atoms with Crippen LogP contribution >= 0.6 is 0 Å². The number of hydrogen-bond donors (Lipinski definition) is 1. The zero-order valence-corrected chi connectivity index (χ0v) is 11.0. The monoisotopic (exact) mass is 251 g/mol. The van der Waals surface area contributed by atoms with Crippen LogP contribution in [0.3, 0.4) is 0 Å². The highest BCUT2D eigenvalue weighted by Crippen LogP contribution is 2.32. The smallest absolute Gasteiger partial charge is 0.0686 e. The fraction of sp³-hybridized carbons (Fsp3) is 0.176. The van der Waals surface area contributed by atoms with Crippen molar-refractivity contribution in [3.63, 3.8) is 0 Å². The number of hydrogen-bond acceptors (Lipinski definition) is 2. The third-order valence-electron chi connectivity index (χ3n) is 3.66. The highest BCUT2D eigenvalue weighted by atomic mass is 16.3. The van der Waals surface area contributed by atoms with Crippen LogP contribution in [0.5, 0.6) is 0 Å². The summed E-state index contributed by atoms with van der Waals surface area (Å²) in [6.07, 6.45) is 8.34. The van der Waals surface area contributed by atoms with Crippen LogP contribution in [0.15, 0.2) is 71.6 Å². The van der Waals surface area contributed by atoms with Gasteiger partial charge in [-0.05, 0) is 41.9 Å². The van der Waals surface area contributed by atoms with Crippen LogP contribution < -0.4 is 0 Å². The van der Waals surface area contributed by atoms with Gasteiger partial charge in [0.25, 0.3) is 0 Å². The minimum absolute atomic E-state index is 0.0815. The van der Waals surface area contributed by atoms with Gasteiger partial charge in [0, 0.05) is 17.9 Å². The molecule has 0 saturated carbocycles. The number of allylic oxidation sites excluding steroid dienone is 4. The fourth-order valence-corrected chi connectivity index (χ4v) is 2.59. The number of fused-ring (bicyclic) bond motifs is 1. The van der Waals surface area contributed by atoms with Gasteiger partial charge >= 0.3 is 0 Å². The zero-order valence-electron chi connectivity index (χ0n) is 11.0. The van der Waals surface area contributed by atoms with Gasteiger partial charge in [0.05, 0.1) is 6.61 Å². The lowest BCUT2D eigenvalue weighted by atomic mass is 9.94. The Morgan fingerprint density at radius 3 is 2.74 bits per heavy atom. The van der Waals surface area contributed by atoms with E-state index in [1.807, 2.05) is 18.2 Å². The van der Waals surface area contributed by atoms with Crippen LogP contribution in [0.25, 0.3) is 5.57 Å². The van der Waals surface area contributed by atoms with E-state index in [2.05, 4.69) is 48.3 Å². The first-order valence-corrected chi connectivity index (χ1v) is 6.52. The van der Waals surface area contributed by atoms with E-state index in [0.29, 0.717) is 0 Å². The molecule has 0 radical (unpaired) electrons. The highest BCUT2D eigenvalue weighted by Gasteiger charge is 2.21. The van der Waals surface area contributed by atoms with Crippen LogP contribution in [-0.4, -0.2) is 23.2 Å². The predicted octanol–water partition coefficient (Wildman–Crippen LogP) is 3.11. The summed E-state index contributed by atoms with van der Waals surface area (Å²) in [4.78, 5) is 2.28. The number of benzene rings is 1. The van der Waals surface area contributed by atoms with Crippen molar-refractivity contribution >= 4 is 5.57 Å². The van der Waals surface area contributed by atoms with Gasteiger partial charge in [0.15, 0.2) is 0 Å². The molecule has 0 saturated heterocycles. The molecule has 2 aliphatic heterocycles. The van der Waals surface area contributed by atoms with Gasteiger partial charge < -0.3 is 10.0 Å². The SMILES string of the molecule is CC1=CC=CC2=CC(CO)=C(c3ccccc3)CN12. The van der Waals surface area contributed by atoms with Gasteiger partial charge in [-0.2, -0.15) is 0 Å². The summed E-state index contributed by atoms with van der Waals surface area (Å²) in [7, 11) is 0. The maximum Gasteiger partial charge on any atom is 0.0686 e. The van der Waals surface area contributed by atoms with E-state index < -0.39 is 0 Å². The summed E-state index contributed by atoms with van der Waals surface area (Å²) < 4.78 is 0. The van der Waals surface area contributed by atoms with Crippen molar-refractivity contribution in [3.8, 4) is 0 Å². The summed E-state index contributed by atoms with van der Waals surface area (Å²) in [5, 5.41) is 9.62. The largest absolute Gasteiger partial charge is 0.392 e. The highest BCUT2D eigenvalue weighted by molar-refractivity contribution is 5.75. The Morgan fingerprint density at radius 1 is 1.21 bits per heavy atom. The first-order chi connectivity index (χ1) is 9.29. The molecule has 0 amide bonds. The Kier molecular flexibility index (Phi) is 3.10. The van der Waals surface area contributed by atoms with Crippen molar-refractivity contribution in [2.75, 3.05) is 13.2 Å². The molecule has 19 heavy (non-hydrogen) atoms. The fourth-order valence-electron chi connectivity index (χ4n) is 2.59. The first kappa shape index (κ1) is 12.0. The van der Waals surface area contributed by atoms with Crippen molar-refractivity contribution in [3.05, 3.63) is 77.2 Å². The van der Waals surface area contributed by atoms with Gasteiger partial charge in [0.2, 0.25) is 0 Å². The Balaban J connectivity index is 2.07. The maximum absolute atomic E-state index is 9.62. The molecule has 0 bridgehead atoms. The van der Waals surface area contributed by atoms with Crippen molar-refractivity contribution in [1.82, 2.24) is 4.90 Å². The first-order valence-electron chi connectivity index (χ1n) is 6.52. The number of nitrogens with zero attached hydrogens (tertiary/aromatic N) is 1. The van der Waals surface area contributed by atoms with Crippen molar-refractivity contribution in [2.24, 2.45) is 0 Å². The Labute approximate surface area is 113 Å². The Morgan fingerprint density at radius 2 is 2.00 bits per heavy atom. The molecule has 96 valence electrons. The van der Waals surface area contributed by atoms with E-state index >= 15 is 0 Å². The van der Waals surface area contributed by atoms with E-state index in [4.69, 9.17) is 0 Å². The van der Waals surface area contributed by atoms with E-state index in [9.17, 15) is 5.11 Å². The molecule has 1 aromatic rings. The third-order valence-corrected chi connectivity index (χ3v) is 3.66. The lowest BCUT2D eigenvalue weighted by molar-refractivity contribution is 0.332. The number of aliphatic hydroxyl groups excluding tert-OH is 1. The lowest BCUT2D eigenvalue weighted by Gasteiger charge is -2.34. The quantitative estimate of drug-likeness (QED) is 0.873. The van der Waals surface area contributed by atoms with Gasteiger partial charge in [-0.25, -0.2) is 0 Å². The molecule has 0 atom stereocenters. The Bertz CT molecular complexity index is 605. The van der Waals surface area contributed by atoms with Crippen LogP contribution in [0.2, 0.25) is 0 Å². The summed E-state index contributed by atoms with van der Waals surface area (Å²) in [6.45, 7) is 3.01. The molecule has 3 rings (SSSR count). The van der Waals surface area contributed by atoms with Gasteiger partial charge in [0.1, 0.15) is 0 Å². The second-order valence-electron chi connectivity index (χ2n) is 4.85. The van der Waals surface area contributed by atoms with Gasteiger partial charge in [-0.15, -0.1) is 0 Å². The van der Waals surface area contributed by atoms with E-state index in [-0.39, 0.29) is 6.61 Å². The van der Waals surface area contributed by atoms with Gasteiger partial charge in [-0.3, -0.25) is 0 Å². The van der Waals surface area contributed by atoms with Crippen LogP contribution in [-0.2, 0) is 0 Å². The molecule has 0 aromatic heterocycles. The average molecular weight is 251 g/mol. The summed E-state index contributed by atoms with van der Waals surface area (Å²) >= 11 is 0. The molecule has 2 aliphatic rings. The van der Waals surface area contributed by atoms with Crippen LogP contribution in [0, 0.1) is 0 Å². The second kappa shape index (κ2) is 4.90. The van der Waals surface area contributed by atoms with E-state index in [1.54, 1.807) is 0 Å². The van der Waals surface area contributed by atoms with Crippen molar-refractivity contribution in [2.45, 2.75) is 6.92 Å². The average Bonchev–Trinajstić information content (AvgIpc) is 2.47. The molecule has 0 fully saturated rings. The predicted molar refractivity (Wildman–Crippen MR) is 78.1 cm³/mol. The van der Waals surface area contributed by atoms with Crippen molar-refractivity contribution in [1.29, 1.82) is 0 Å². The van der Waals surface area contributed by atoms with Crippen molar-refractivity contribution < 1.29 is 5.11 Å². The molecule has 0 spiro atoms. The van der Waals surface area contributed by atoms with Crippen LogP contribution in [0.1, 0.15) is 12.5 Å². The summed E-state index contributed by atoms with van der Waals surface area (Å²) in [5.74, 6) is 0. The van der Waals surface area contributed by atoms with E-state index in [0.717, 1.165) is 17.8 Å². The summed E-state index contributed by atoms with van der Waals surface area (Å²) in [5.41, 5.74) is 5.79. The molecule has 2 heterocycles. The lowest BCUT2D eigenvalue weighted by Crippen LogP contribution is -2.28. The second-order valence-corrected chi connectivity index (χ2v) is 4.85. The molecule has 1 aromatic carbocycles. The molecular formula is C17H17NO. The molecule has 1 N–H and O–H groups in total. The topological polar surface area (TPSA) is 23.5 Å². The Hall–Kier alpha value is -2.06. The number of aliphatic hydroxyl groups is 1. The van der Waals surface area contributed by atoms with Gasteiger partial charge in [-0.1, -0.05) is 36.4 Å². The zero-order chi connectivity index (χ0) is 13.2. The van der Waals surface area contributed by atoms with E-state index in [1.165, 1.54) is 16.8 Å². The standard InChI is InChI=1S/C17H17NO/c1-13-6-5-9-16-10-15(12-19)17(11-18(13)16)14-7-3-2-4-8-14/h2-10,19H,11-12H2,1H3. The molecule has 2 heteroatoms. The molecule has 0 aliphatic carbocycles. The number of rotatable bonds is 2. The minimum Gasteiger partial charge on any atom is -0.392 e. The summed E-state index contributed by atoms with van der Waals surface area (Å²) in [6, 6.07) is 10.3. The van der Waals surface area contributed by atoms with Crippen LogP contribution in [0.4, 0.5) is 0 Å². The molecular weight excluding hydrogens is 234 g/mol. The third kappa shape index (κ3) is 2.15. The minimum atomic E-state index is 0.0815. The normalized spacial score (nSPS) is 18.1.